The average Bonchev–Trinajstić information content (AvgIpc) is 2.28. The highest BCUT2D eigenvalue weighted by Gasteiger charge is 2.10. The second-order valence-electron chi connectivity index (χ2n) is 3.14. The molecule has 0 atom stereocenters. The number of nitrogen functional groups attached to an aromatic ring is 1. The zero-order valence-electron chi connectivity index (χ0n) is 8.41. The molecule has 0 saturated heterocycles. The van der Waals surface area contributed by atoms with Gasteiger partial charge in [0.15, 0.2) is 10.8 Å². The van der Waals surface area contributed by atoms with Gasteiger partial charge in [-0.2, -0.15) is 0 Å². The number of anilines is 1. The van der Waals surface area contributed by atoms with Gasteiger partial charge in [-0.15, -0.1) is 0 Å². The predicted octanol–water partition coefficient (Wildman–Crippen LogP) is 1.94. The molecule has 0 radical (unpaired) electrons. The van der Waals surface area contributed by atoms with Gasteiger partial charge in [0.2, 0.25) is 5.88 Å². The van der Waals surface area contributed by atoms with Crippen LogP contribution in [0, 0.1) is 5.82 Å². The fraction of sp³-hybridized carbons (Fsp3) is 0. The summed E-state index contributed by atoms with van der Waals surface area (Å²) in [5, 5.41) is -0.198. The summed E-state index contributed by atoms with van der Waals surface area (Å²) in [6.45, 7) is 0. The van der Waals surface area contributed by atoms with E-state index in [1.54, 1.807) is 0 Å². The average molecular weight is 256 g/mol. The van der Waals surface area contributed by atoms with Crippen LogP contribution in [0.1, 0.15) is 0 Å². The van der Waals surface area contributed by atoms with E-state index in [4.69, 9.17) is 22.1 Å². The van der Waals surface area contributed by atoms with E-state index in [9.17, 15) is 9.18 Å². The molecule has 1 heterocycles. The van der Waals surface area contributed by atoms with E-state index in [0.717, 1.165) is 12.4 Å². The molecule has 5 nitrogen and oxygen atoms in total. The fourth-order valence-corrected chi connectivity index (χ4v) is 1.30. The molecule has 0 saturated carbocycles. The highest BCUT2D eigenvalue weighted by molar-refractivity contribution is 6.31. The van der Waals surface area contributed by atoms with Crippen molar-refractivity contribution in [2.45, 2.75) is 0 Å². The lowest BCUT2D eigenvalue weighted by molar-refractivity contribution is 0.461. The lowest BCUT2D eigenvalue weighted by Crippen LogP contribution is -2.08. The van der Waals surface area contributed by atoms with Crippen molar-refractivity contribution in [3.05, 3.63) is 45.7 Å². The van der Waals surface area contributed by atoms with Crippen LogP contribution in [-0.2, 0) is 0 Å². The maximum Gasteiger partial charge on any atom is 0.273 e. The van der Waals surface area contributed by atoms with Crippen LogP contribution in [-0.4, -0.2) is 9.97 Å². The maximum absolute atomic E-state index is 12.8. The molecule has 88 valence electrons. The number of hydrogen-bond donors (Lipinski definition) is 2. The summed E-state index contributed by atoms with van der Waals surface area (Å²) in [7, 11) is 0. The van der Waals surface area contributed by atoms with Gasteiger partial charge >= 0.3 is 0 Å². The van der Waals surface area contributed by atoms with Crippen LogP contribution >= 0.6 is 11.6 Å². The number of halogens is 2. The third-order valence-electron chi connectivity index (χ3n) is 1.94. The van der Waals surface area contributed by atoms with Crippen molar-refractivity contribution < 1.29 is 9.13 Å². The van der Waals surface area contributed by atoms with E-state index >= 15 is 0 Å². The van der Waals surface area contributed by atoms with Gasteiger partial charge in [-0.25, -0.2) is 9.37 Å². The van der Waals surface area contributed by atoms with Crippen molar-refractivity contribution in [2.75, 3.05) is 5.73 Å². The molecule has 0 aliphatic carbocycles. The Morgan fingerprint density at radius 1 is 1.47 bits per heavy atom. The van der Waals surface area contributed by atoms with Gasteiger partial charge in [0.1, 0.15) is 5.82 Å². The standard InChI is InChI=1S/C10H7ClFN3O2/c11-8-9(16)14-4-15-10(8)17-7-2-1-5(12)3-6(7)13/h1-4H,13H2,(H,14,15,16). The van der Waals surface area contributed by atoms with Gasteiger partial charge in [0.05, 0.1) is 12.0 Å². The minimum absolute atomic E-state index is 0.0862. The zero-order chi connectivity index (χ0) is 12.4. The monoisotopic (exact) mass is 255 g/mol. The molecule has 0 bridgehead atoms. The molecule has 3 N–H and O–H groups in total. The molecule has 0 unspecified atom stereocenters. The molecule has 0 aliphatic heterocycles. The second-order valence-corrected chi connectivity index (χ2v) is 3.51. The largest absolute Gasteiger partial charge is 0.435 e. The third kappa shape index (κ3) is 2.36. The lowest BCUT2D eigenvalue weighted by Gasteiger charge is -2.07. The highest BCUT2D eigenvalue weighted by Crippen LogP contribution is 2.28. The number of nitrogens with one attached hydrogen (secondary N) is 1. The number of ether oxygens (including phenoxy) is 1. The molecule has 2 aromatic rings. The van der Waals surface area contributed by atoms with Crippen LogP contribution < -0.4 is 16.0 Å². The van der Waals surface area contributed by atoms with Gasteiger partial charge in [-0.05, 0) is 12.1 Å². The summed E-state index contributed by atoms with van der Waals surface area (Å²) in [5.41, 5.74) is 5.09. The van der Waals surface area contributed by atoms with E-state index in [1.165, 1.54) is 12.1 Å². The fourth-order valence-electron chi connectivity index (χ4n) is 1.15. The number of aromatic nitrogens is 2. The van der Waals surface area contributed by atoms with E-state index in [-0.39, 0.29) is 22.3 Å². The van der Waals surface area contributed by atoms with Crippen molar-refractivity contribution in [3.8, 4) is 11.6 Å². The summed E-state index contributed by atoms with van der Waals surface area (Å²) < 4.78 is 18.0. The van der Waals surface area contributed by atoms with E-state index in [2.05, 4.69) is 9.97 Å². The van der Waals surface area contributed by atoms with E-state index in [1.807, 2.05) is 0 Å². The van der Waals surface area contributed by atoms with E-state index in [0.29, 0.717) is 0 Å². The molecule has 1 aromatic carbocycles. The molecule has 0 fully saturated rings. The Morgan fingerprint density at radius 2 is 2.24 bits per heavy atom. The van der Waals surface area contributed by atoms with Crippen molar-refractivity contribution in [3.63, 3.8) is 0 Å². The summed E-state index contributed by atoms with van der Waals surface area (Å²) in [6, 6.07) is 3.59. The normalized spacial score (nSPS) is 10.2. The minimum atomic E-state index is -0.530. The Balaban J connectivity index is 2.38. The molecule has 1 aromatic heterocycles. The number of H-pyrrole nitrogens is 1. The molecule has 0 aliphatic rings. The van der Waals surface area contributed by atoms with Gasteiger partial charge in [-0.3, -0.25) is 4.79 Å². The van der Waals surface area contributed by atoms with E-state index < -0.39 is 11.4 Å². The molecule has 7 heteroatoms. The predicted molar refractivity (Wildman–Crippen MR) is 60.8 cm³/mol. The van der Waals surface area contributed by atoms with Gasteiger partial charge < -0.3 is 15.5 Å². The topological polar surface area (TPSA) is 81.0 Å². The summed E-state index contributed by atoms with van der Waals surface area (Å²) >= 11 is 5.68. The number of aromatic amines is 1. The first-order chi connectivity index (χ1) is 8.08. The number of hydrogen-bond acceptors (Lipinski definition) is 4. The number of benzene rings is 1. The van der Waals surface area contributed by atoms with Gasteiger partial charge in [0, 0.05) is 6.07 Å². The molecule has 0 amide bonds. The van der Waals surface area contributed by atoms with Crippen LogP contribution in [0.5, 0.6) is 11.6 Å². The van der Waals surface area contributed by atoms with Crippen LogP contribution in [0.2, 0.25) is 5.02 Å². The first-order valence-corrected chi connectivity index (χ1v) is 4.92. The SMILES string of the molecule is Nc1cc(F)ccc1Oc1nc[nH]c(=O)c1Cl. The first kappa shape index (κ1) is 11.4. The molecule has 17 heavy (non-hydrogen) atoms. The maximum atomic E-state index is 12.8. The summed E-state index contributed by atoms with van der Waals surface area (Å²) in [5.74, 6) is -0.403. The highest BCUT2D eigenvalue weighted by atomic mass is 35.5. The van der Waals surface area contributed by atoms with Gasteiger partial charge in [0.25, 0.3) is 5.56 Å². The first-order valence-electron chi connectivity index (χ1n) is 4.54. The van der Waals surface area contributed by atoms with Crippen LogP contribution in [0.3, 0.4) is 0 Å². The summed E-state index contributed by atoms with van der Waals surface area (Å²) in [6.07, 6.45) is 1.14. The minimum Gasteiger partial charge on any atom is -0.435 e. The van der Waals surface area contributed by atoms with Crippen LogP contribution in [0.15, 0.2) is 29.3 Å². The van der Waals surface area contributed by atoms with Gasteiger partial charge in [-0.1, -0.05) is 11.6 Å². The number of nitrogens with two attached hydrogens (primary N) is 1. The zero-order valence-corrected chi connectivity index (χ0v) is 9.16. The van der Waals surface area contributed by atoms with Crippen LogP contribution in [0.25, 0.3) is 0 Å². The third-order valence-corrected chi connectivity index (χ3v) is 2.28. The Labute approximate surface area is 100 Å². The van der Waals surface area contributed by atoms with Crippen molar-refractivity contribution in [2.24, 2.45) is 0 Å². The smallest absolute Gasteiger partial charge is 0.273 e. The lowest BCUT2D eigenvalue weighted by atomic mass is 10.3. The summed E-state index contributed by atoms with van der Waals surface area (Å²) in [4.78, 5) is 17.2. The Kier molecular flexibility index (Phi) is 2.97. The Hall–Kier alpha value is -2.08. The molecular formula is C10H7ClFN3O2. The molecule has 2 rings (SSSR count). The second kappa shape index (κ2) is 4.42. The Bertz CT molecular complexity index is 615. The van der Waals surface area contributed by atoms with Crippen molar-refractivity contribution in [1.29, 1.82) is 0 Å². The van der Waals surface area contributed by atoms with Crippen molar-refractivity contribution in [1.82, 2.24) is 9.97 Å². The Morgan fingerprint density at radius 3 is 2.94 bits per heavy atom. The number of rotatable bonds is 2. The quantitative estimate of drug-likeness (QED) is 0.804. The molecule has 0 spiro atoms. The molecular weight excluding hydrogens is 249 g/mol. The number of nitrogens with zero attached hydrogens (tertiary/aromatic N) is 1. The van der Waals surface area contributed by atoms with Crippen molar-refractivity contribution >= 4 is 17.3 Å². The van der Waals surface area contributed by atoms with Crippen LogP contribution in [0.4, 0.5) is 10.1 Å².